The first-order valence-electron chi connectivity index (χ1n) is 4.75. The van der Waals surface area contributed by atoms with E-state index >= 15 is 0 Å². The lowest BCUT2D eigenvalue weighted by Gasteiger charge is -2.22. The molecule has 0 radical (unpaired) electrons. The zero-order chi connectivity index (χ0) is 10.8. The average Bonchev–Trinajstić information content (AvgIpc) is 2.28. The summed E-state index contributed by atoms with van der Waals surface area (Å²) in [4.78, 5) is 11.2. The van der Waals surface area contributed by atoms with Crippen LogP contribution in [0.3, 0.4) is 0 Å². The molecule has 0 aromatic heterocycles. The first-order chi connectivity index (χ1) is 7.22. The second kappa shape index (κ2) is 3.90. The van der Waals surface area contributed by atoms with Crippen LogP contribution in [-0.2, 0) is 4.74 Å². The van der Waals surface area contributed by atoms with Gasteiger partial charge in [0.2, 0.25) is 0 Å². The number of hydrogen-bond acceptors (Lipinski definition) is 4. The Balaban J connectivity index is 2.37. The standard InChI is InChI=1S/C11H12O4/c1-14-11(13)7-2-3-8-9(12)4-5-15-10(8)6-7/h2-3,6,9,12H,4-5H2,1H3. The van der Waals surface area contributed by atoms with E-state index in [4.69, 9.17) is 4.74 Å². The zero-order valence-electron chi connectivity index (χ0n) is 8.40. The molecule has 1 aliphatic rings. The van der Waals surface area contributed by atoms with Gasteiger partial charge in [-0.1, -0.05) is 6.07 Å². The highest BCUT2D eigenvalue weighted by atomic mass is 16.5. The molecule has 1 aromatic rings. The molecule has 0 saturated carbocycles. The van der Waals surface area contributed by atoms with Crippen LogP contribution in [0.25, 0.3) is 0 Å². The Morgan fingerprint density at radius 1 is 1.60 bits per heavy atom. The monoisotopic (exact) mass is 208 g/mol. The second-order valence-corrected chi connectivity index (χ2v) is 3.40. The summed E-state index contributed by atoms with van der Waals surface area (Å²) >= 11 is 0. The van der Waals surface area contributed by atoms with Gasteiger partial charge in [0, 0.05) is 12.0 Å². The number of aliphatic hydroxyl groups is 1. The van der Waals surface area contributed by atoms with Gasteiger partial charge in [0.05, 0.1) is 25.4 Å². The van der Waals surface area contributed by atoms with Crippen LogP contribution in [0.1, 0.15) is 28.4 Å². The Morgan fingerprint density at radius 3 is 3.13 bits per heavy atom. The number of rotatable bonds is 1. The fraction of sp³-hybridized carbons (Fsp3) is 0.364. The lowest BCUT2D eigenvalue weighted by Crippen LogP contribution is -2.14. The number of hydrogen-bond donors (Lipinski definition) is 1. The summed E-state index contributed by atoms with van der Waals surface area (Å²) in [5.74, 6) is 0.165. The van der Waals surface area contributed by atoms with Crippen molar-refractivity contribution < 1.29 is 19.4 Å². The Morgan fingerprint density at radius 2 is 2.40 bits per heavy atom. The minimum Gasteiger partial charge on any atom is -0.493 e. The zero-order valence-corrected chi connectivity index (χ0v) is 8.40. The van der Waals surface area contributed by atoms with Crippen LogP contribution in [0.5, 0.6) is 5.75 Å². The maximum atomic E-state index is 11.2. The van der Waals surface area contributed by atoms with Crippen molar-refractivity contribution in [1.82, 2.24) is 0 Å². The number of methoxy groups -OCH3 is 1. The van der Waals surface area contributed by atoms with Gasteiger partial charge in [-0.3, -0.25) is 0 Å². The first-order valence-corrected chi connectivity index (χ1v) is 4.75. The van der Waals surface area contributed by atoms with Crippen molar-refractivity contribution in [2.24, 2.45) is 0 Å². The highest BCUT2D eigenvalue weighted by molar-refractivity contribution is 5.89. The molecule has 0 aliphatic carbocycles. The average molecular weight is 208 g/mol. The van der Waals surface area contributed by atoms with E-state index in [1.54, 1.807) is 18.2 Å². The first kappa shape index (κ1) is 9.98. The molecule has 1 atom stereocenters. The van der Waals surface area contributed by atoms with E-state index in [2.05, 4.69) is 4.74 Å². The number of carbonyl (C=O) groups excluding carboxylic acids is 1. The molecule has 80 valence electrons. The van der Waals surface area contributed by atoms with Crippen LogP contribution >= 0.6 is 0 Å². The van der Waals surface area contributed by atoms with Crippen molar-refractivity contribution in [3.8, 4) is 5.75 Å². The van der Waals surface area contributed by atoms with E-state index < -0.39 is 12.1 Å². The molecule has 0 bridgehead atoms. The molecule has 4 heteroatoms. The number of fused-ring (bicyclic) bond motifs is 1. The van der Waals surface area contributed by atoms with Crippen molar-refractivity contribution in [2.75, 3.05) is 13.7 Å². The third-order valence-electron chi connectivity index (χ3n) is 2.44. The van der Waals surface area contributed by atoms with Gasteiger partial charge in [0.1, 0.15) is 5.75 Å². The van der Waals surface area contributed by atoms with Crippen LogP contribution in [0.4, 0.5) is 0 Å². The Kier molecular flexibility index (Phi) is 2.60. The summed E-state index contributed by atoms with van der Waals surface area (Å²) < 4.78 is 9.96. The molecule has 0 fully saturated rings. The van der Waals surface area contributed by atoms with Crippen LogP contribution < -0.4 is 4.74 Å². The lowest BCUT2D eigenvalue weighted by atomic mass is 10.0. The summed E-state index contributed by atoms with van der Waals surface area (Å²) in [6.45, 7) is 0.471. The predicted octanol–water partition coefficient (Wildman–Crippen LogP) is 1.29. The second-order valence-electron chi connectivity index (χ2n) is 3.40. The van der Waals surface area contributed by atoms with Crippen molar-refractivity contribution in [2.45, 2.75) is 12.5 Å². The molecule has 1 N–H and O–H groups in total. The van der Waals surface area contributed by atoms with Gasteiger partial charge in [-0.25, -0.2) is 4.79 Å². The largest absolute Gasteiger partial charge is 0.493 e. The molecule has 4 nitrogen and oxygen atoms in total. The van der Waals surface area contributed by atoms with E-state index in [1.165, 1.54) is 7.11 Å². The maximum Gasteiger partial charge on any atom is 0.337 e. The number of esters is 1. The summed E-state index contributed by atoms with van der Waals surface area (Å²) in [7, 11) is 1.33. The lowest BCUT2D eigenvalue weighted by molar-refractivity contribution is 0.0598. The van der Waals surface area contributed by atoms with E-state index in [0.29, 0.717) is 24.3 Å². The number of ether oxygens (including phenoxy) is 2. The molecular formula is C11H12O4. The molecule has 0 saturated heterocycles. The van der Waals surface area contributed by atoms with Gasteiger partial charge < -0.3 is 14.6 Å². The van der Waals surface area contributed by atoms with E-state index in [9.17, 15) is 9.90 Å². The molecule has 0 amide bonds. The highest BCUT2D eigenvalue weighted by Crippen LogP contribution is 2.32. The minimum atomic E-state index is -0.500. The fourth-order valence-electron chi connectivity index (χ4n) is 1.62. The van der Waals surface area contributed by atoms with Crippen LogP contribution in [0, 0.1) is 0 Å². The normalized spacial score (nSPS) is 18.9. The van der Waals surface area contributed by atoms with Gasteiger partial charge in [0.15, 0.2) is 0 Å². The molecular weight excluding hydrogens is 196 g/mol. The summed E-state index contributed by atoms with van der Waals surface area (Å²) in [5, 5.41) is 9.65. The van der Waals surface area contributed by atoms with Gasteiger partial charge in [0.25, 0.3) is 0 Å². The molecule has 2 rings (SSSR count). The van der Waals surface area contributed by atoms with Crippen molar-refractivity contribution >= 4 is 5.97 Å². The van der Waals surface area contributed by atoms with E-state index in [-0.39, 0.29) is 0 Å². The Bertz CT molecular complexity index is 386. The van der Waals surface area contributed by atoms with Crippen LogP contribution in [0.15, 0.2) is 18.2 Å². The van der Waals surface area contributed by atoms with Gasteiger partial charge in [-0.2, -0.15) is 0 Å². The molecule has 1 unspecified atom stereocenters. The number of benzene rings is 1. The van der Waals surface area contributed by atoms with Crippen LogP contribution in [0.2, 0.25) is 0 Å². The quantitative estimate of drug-likeness (QED) is 0.706. The maximum absolute atomic E-state index is 11.2. The summed E-state index contributed by atoms with van der Waals surface area (Å²) in [6, 6.07) is 4.93. The van der Waals surface area contributed by atoms with Crippen molar-refractivity contribution in [1.29, 1.82) is 0 Å². The Labute approximate surface area is 87.4 Å². The highest BCUT2D eigenvalue weighted by Gasteiger charge is 2.20. The summed E-state index contributed by atoms with van der Waals surface area (Å²) in [5.41, 5.74) is 1.17. The Hall–Kier alpha value is -1.55. The molecule has 1 heterocycles. The smallest absolute Gasteiger partial charge is 0.337 e. The van der Waals surface area contributed by atoms with Gasteiger partial charge >= 0.3 is 5.97 Å². The molecule has 1 aliphatic heterocycles. The van der Waals surface area contributed by atoms with Crippen LogP contribution in [-0.4, -0.2) is 24.8 Å². The molecule has 1 aromatic carbocycles. The molecule has 0 spiro atoms. The van der Waals surface area contributed by atoms with Crippen molar-refractivity contribution in [3.05, 3.63) is 29.3 Å². The summed E-state index contributed by atoms with van der Waals surface area (Å²) in [6.07, 6.45) is 0.0883. The predicted molar refractivity (Wildman–Crippen MR) is 52.9 cm³/mol. The van der Waals surface area contributed by atoms with Gasteiger partial charge in [-0.05, 0) is 12.1 Å². The third-order valence-corrected chi connectivity index (χ3v) is 2.44. The SMILES string of the molecule is COC(=O)c1ccc2c(c1)OCCC2O. The fourth-order valence-corrected chi connectivity index (χ4v) is 1.62. The third kappa shape index (κ3) is 1.80. The van der Waals surface area contributed by atoms with E-state index in [0.717, 1.165) is 5.56 Å². The minimum absolute atomic E-state index is 0.401. The molecule has 15 heavy (non-hydrogen) atoms. The van der Waals surface area contributed by atoms with Gasteiger partial charge in [-0.15, -0.1) is 0 Å². The topological polar surface area (TPSA) is 55.8 Å². The van der Waals surface area contributed by atoms with Crippen molar-refractivity contribution in [3.63, 3.8) is 0 Å². The number of aliphatic hydroxyl groups excluding tert-OH is 1. The van der Waals surface area contributed by atoms with E-state index in [1.807, 2.05) is 0 Å². The number of carbonyl (C=O) groups is 1.